The molecule has 2 N–H and O–H groups in total. The van der Waals surface area contributed by atoms with Crippen LogP contribution in [0.25, 0.3) is 0 Å². The molecule has 1 unspecified atom stereocenters. The fraction of sp³-hybridized carbons (Fsp3) is 0.735. The molecule has 6 aliphatic carbocycles. The first-order valence-electron chi connectivity index (χ1n) is 22.8. The highest BCUT2D eigenvalue weighted by atomic mass is 32.2. The number of nitrogens with one attached hydrogen (secondary N) is 1. The summed E-state index contributed by atoms with van der Waals surface area (Å²) in [5.74, 6) is 2.97. The van der Waals surface area contributed by atoms with Crippen molar-refractivity contribution in [3.8, 4) is 11.9 Å². The number of sulfone groups is 1. The number of aliphatic carboxylic acids is 1. The van der Waals surface area contributed by atoms with Gasteiger partial charge in [-0.05, 0) is 152 Å². The first-order chi connectivity index (χ1) is 27.8. The van der Waals surface area contributed by atoms with Gasteiger partial charge in [0.25, 0.3) is 0 Å². The lowest BCUT2D eigenvalue weighted by Crippen LogP contribution is -2.68. The smallest absolute Gasteiger partial charge is 0.313 e. The zero-order chi connectivity index (χ0) is 42.2. The van der Waals surface area contributed by atoms with Crippen molar-refractivity contribution in [1.82, 2.24) is 15.2 Å². The number of carboxylic acid groups (broad SMARTS) is 1. The monoisotopic (exact) mass is 827 g/mol. The lowest BCUT2D eigenvalue weighted by Gasteiger charge is -2.72. The number of pyridine rings is 1. The molecule has 1 aromatic heterocycles. The molecule has 322 valence electrons. The third-order valence-corrected chi connectivity index (χ3v) is 20.3. The average Bonchev–Trinajstić information content (AvgIpc) is 3.58. The molecule has 10 atom stereocenters. The van der Waals surface area contributed by atoms with Crippen LogP contribution in [-0.4, -0.2) is 79.2 Å². The summed E-state index contributed by atoms with van der Waals surface area (Å²) in [5, 5.41) is 24.0. The van der Waals surface area contributed by atoms with Crippen LogP contribution in [0.15, 0.2) is 53.6 Å². The second-order valence-electron chi connectivity index (χ2n) is 21.6. The number of nitrogens with zero attached hydrogens (tertiary/aromatic N) is 3. The zero-order valence-corrected chi connectivity index (χ0v) is 37.6. The lowest BCUT2D eigenvalue weighted by molar-refractivity contribution is -0.221. The van der Waals surface area contributed by atoms with E-state index in [1.807, 2.05) is 6.07 Å². The summed E-state index contributed by atoms with van der Waals surface area (Å²) < 4.78 is 30.1. The van der Waals surface area contributed by atoms with Crippen molar-refractivity contribution in [2.24, 2.45) is 56.7 Å². The largest absolute Gasteiger partial charge is 0.481 e. The van der Waals surface area contributed by atoms with Crippen molar-refractivity contribution in [2.45, 2.75) is 124 Å². The van der Waals surface area contributed by atoms with Crippen molar-refractivity contribution < 1.29 is 23.1 Å². The Hall–Kier alpha value is -3.00. The van der Waals surface area contributed by atoms with Crippen LogP contribution in [0.3, 0.4) is 0 Å². The highest BCUT2D eigenvalue weighted by Crippen LogP contribution is 2.76. The van der Waals surface area contributed by atoms with Crippen molar-refractivity contribution in [3.05, 3.63) is 59.3 Å². The molecule has 1 saturated heterocycles. The minimum Gasteiger partial charge on any atom is -0.481 e. The van der Waals surface area contributed by atoms with E-state index in [2.05, 4.69) is 75.5 Å². The van der Waals surface area contributed by atoms with Gasteiger partial charge in [-0.3, -0.25) is 4.79 Å². The molecule has 1 aliphatic heterocycles. The molecular formula is C49H70N4O5S. The van der Waals surface area contributed by atoms with Gasteiger partial charge in [0.2, 0.25) is 5.88 Å². The summed E-state index contributed by atoms with van der Waals surface area (Å²) in [6.07, 6.45) is 17.4. The summed E-state index contributed by atoms with van der Waals surface area (Å²) in [5.41, 5.74) is 4.09. The summed E-state index contributed by atoms with van der Waals surface area (Å²) in [6.45, 7) is 23.1. The molecule has 0 radical (unpaired) electrons. The van der Waals surface area contributed by atoms with Gasteiger partial charge < -0.3 is 20.1 Å². The van der Waals surface area contributed by atoms with Crippen LogP contribution >= 0.6 is 0 Å². The maximum Gasteiger partial charge on any atom is 0.313 e. The van der Waals surface area contributed by atoms with Crippen LogP contribution in [0.5, 0.6) is 5.88 Å². The van der Waals surface area contributed by atoms with Gasteiger partial charge in [0.05, 0.1) is 11.5 Å². The van der Waals surface area contributed by atoms with Gasteiger partial charge in [0, 0.05) is 37.8 Å². The van der Waals surface area contributed by atoms with Gasteiger partial charge >= 0.3 is 5.97 Å². The average molecular weight is 827 g/mol. The second kappa shape index (κ2) is 15.1. The quantitative estimate of drug-likeness (QED) is 0.222. The Bertz CT molecular complexity index is 2060. The van der Waals surface area contributed by atoms with Crippen molar-refractivity contribution in [1.29, 1.82) is 5.26 Å². The summed E-state index contributed by atoms with van der Waals surface area (Å²) in [7, 11) is -2.88. The second-order valence-corrected chi connectivity index (χ2v) is 23.9. The van der Waals surface area contributed by atoms with Gasteiger partial charge in [-0.2, -0.15) is 5.26 Å². The maximum atomic E-state index is 12.8. The van der Waals surface area contributed by atoms with Crippen LogP contribution in [0.1, 0.15) is 124 Å². The molecule has 9 nitrogen and oxygen atoms in total. The third-order valence-electron chi connectivity index (χ3n) is 18.7. The number of rotatable bonds is 10. The molecule has 1 aromatic rings. The zero-order valence-electron chi connectivity index (χ0n) is 36.7. The molecule has 10 heteroatoms. The number of carboxylic acids is 1. The first-order valence-corrected chi connectivity index (χ1v) is 24.6. The molecule has 0 bridgehead atoms. The number of aromatic nitrogens is 1. The highest BCUT2D eigenvalue weighted by Gasteiger charge is 2.70. The predicted molar refractivity (Wildman–Crippen MR) is 232 cm³/mol. The van der Waals surface area contributed by atoms with E-state index in [9.17, 15) is 23.6 Å². The number of ether oxygens (including phenoxy) is 1. The summed E-state index contributed by atoms with van der Waals surface area (Å²) >= 11 is 0. The van der Waals surface area contributed by atoms with Gasteiger partial charge in [0.15, 0.2) is 9.84 Å². The van der Waals surface area contributed by atoms with E-state index in [1.54, 1.807) is 18.2 Å². The molecule has 0 aromatic carbocycles. The molecule has 8 rings (SSSR count). The van der Waals surface area contributed by atoms with E-state index in [0.29, 0.717) is 61.9 Å². The Balaban J connectivity index is 1.00. The molecule has 59 heavy (non-hydrogen) atoms. The number of carbonyl (C=O) groups is 1. The van der Waals surface area contributed by atoms with Crippen LogP contribution < -0.4 is 10.1 Å². The molecule has 4 saturated carbocycles. The number of hydrogen-bond acceptors (Lipinski definition) is 8. The van der Waals surface area contributed by atoms with E-state index in [1.165, 1.54) is 68.1 Å². The molecule has 2 heterocycles. The van der Waals surface area contributed by atoms with Gasteiger partial charge in [0.1, 0.15) is 23.8 Å². The Morgan fingerprint density at radius 3 is 2.42 bits per heavy atom. The van der Waals surface area contributed by atoms with Gasteiger partial charge in [-0.15, -0.1) is 0 Å². The van der Waals surface area contributed by atoms with Crippen LogP contribution in [0.4, 0.5) is 0 Å². The lowest BCUT2D eigenvalue weighted by atomic mass is 9.33. The van der Waals surface area contributed by atoms with Crippen LogP contribution in [0.2, 0.25) is 0 Å². The van der Waals surface area contributed by atoms with Gasteiger partial charge in [-0.25, -0.2) is 13.4 Å². The Morgan fingerprint density at radius 2 is 1.75 bits per heavy atom. The van der Waals surface area contributed by atoms with Crippen molar-refractivity contribution in [2.75, 3.05) is 44.3 Å². The first kappa shape index (κ1) is 42.7. The Morgan fingerprint density at radius 1 is 0.983 bits per heavy atom. The maximum absolute atomic E-state index is 12.8. The van der Waals surface area contributed by atoms with Crippen LogP contribution in [0, 0.1) is 68.0 Å². The van der Waals surface area contributed by atoms with E-state index in [0.717, 1.165) is 19.5 Å². The number of hydrogen-bond donors (Lipinski definition) is 2. The van der Waals surface area contributed by atoms with E-state index in [-0.39, 0.29) is 56.9 Å². The number of fused-ring (bicyclic) bond motifs is 7. The fourth-order valence-electron chi connectivity index (χ4n) is 15.3. The predicted octanol–water partition coefficient (Wildman–Crippen LogP) is 8.78. The van der Waals surface area contributed by atoms with E-state index < -0.39 is 21.2 Å². The third kappa shape index (κ3) is 6.96. The number of nitriles is 1. The van der Waals surface area contributed by atoms with E-state index in [4.69, 9.17) is 4.74 Å². The summed E-state index contributed by atoms with van der Waals surface area (Å²) in [4.78, 5) is 19.3. The fourth-order valence-corrected chi connectivity index (χ4v) is 16.6. The van der Waals surface area contributed by atoms with Crippen LogP contribution in [-0.2, 0) is 14.6 Å². The Labute approximate surface area is 354 Å². The molecular weight excluding hydrogens is 757 g/mol. The molecule has 5 fully saturated rings. The highest BCUT2D eigenvalue weighted by molar-refractivity contribution is 7.91. The van der Waals surface area contributed by atoms with Crippen molar-refractivity contribution in [3.63, 3.8) is 0 Å². The normalized spacial score (nSPS) is 41.1. The molecule has 0 amide bonds. The summed E-state index contributed by atoms with van der Waals surface area (Å²) in [6, 6.07) is 7.04. The number of allylic oxidation sites excluding steroid dienone is 5. The van der Waals surface area contributed by atoms with Crippen molar-refractivity contribution >= 4 is 15.8 Å². The SMILES string of the molecule is C=C(C)[C@@H]1CC[C@]2(NCCN3CCS(=O)(=O)CC3)CC[C@]3(C)[C@H](CC[C@@H]4[C@@]5(C)CC=C(C6=CCC(COc7cccc(C#N)n7)(C(=O)O)CC6)C(C)(C)[C@@H]5CC[C@]43C)[C@@H]12. The van der Waals surface area contributed by atoms with E-state index >= 15 is 0 Å². The standard InChI is InChI=1S/C49H70N4O5S/c1-33(2)36-15-22-49(51-25-26-53-27-29-59(56,57)30-28-53)24-23-46(6)38(42(36)49)11-12-40-45(5)18-16-37(44(3,4)39(45)17-19-47(40,46)7)34-13-20-48(21-14-34,43(54)55)32-58-41-10-8-9-35(31-50)52-41/h8-10,13,16,36,38-40,42,51H,1,11-12,14-15,17-30,32H2,2-7H3,(H,54,55)/t36-,38+,39-,40+,42+,45-,46+,47+,48?,49-/m0/s1. The topological polar surface area (TPSA) is 133 Å². The minimum atomic E-state index is -2.88. The molecule has 7 aliphatic rings. The molecule has 0 spiro atoms. The van der Waals surface area contributed by atoms with Gasteiger partial charge in [-0.1, -0.05) is 65.0 Å². The Kier molecular flexibility index (Phi) is 10.9. The minimum absolute atomic E-state index is 0.0230.